The first kappa shape index (κ1) is 21.1. The number of benzene rings is 1. The van der Waals surface area contributed by atoms with Gasteiger partial charge in [-0.2, -0.15) is 4.99 Å². The number of thiocarbonyl (C=S) groups is 1. The Morgan fingerprint density at radius 2 is 1.54 bits per heavy atom. The normalized spacial score (nSPS) is 19.7. The fourth-order valence-corrected chi connectivity index (χ4v) is 4.18. The number of rotatable bonds is 12. The first-order valence-corrected chi connectivity index (χ1v) is 11.0. The van der Waals surface area contributed by atoms with Crippen molar-refractivity contribution < 1.29 is 4.74 Å². The van der Waals surface area contributed by atoms with Crippen LogP contribution < -0.4 is 4.74 Å². The Balaban J connectivity index is 1.51. The van der Waals surface area contributed by atoms with Crippen molar-refractivity contribution in [2.45, 2.75) is 84.0 Å². The van der Waals surface area contributed by atoms with Crippen LogP contribution in [0, 0.1) is 11.8 Å². The lowest BCUT2D eigenvalue weighted by Crippen LogP contribution is -2.15. The van der Waals surface area contributed by atoms with Crippen molar-refractivity contribution in [1.82, 2.24) is 0 Å². The van der Waals surface area contributed by atoms with Gasteiger partial charge in [-0.3, -0.25) is 0 Å². The number of aliphatic imine (C=N–C) groups is 1. The predicted octanol–water partition coefficient (Wildman–Crippen LogP) is 7.75. The van der Waals surface area contributed by atoms with Crippen LogP contribution in [0.25, 0.3) is 0 Å². The van der Waals surface area contributed by atoms with Gasteiger partial charge in [-0.25, -0.2) is 0 Å². The summed E-state index contributed by atoms with van der Waals surface area (Å²) in [4.78, 5) is 3.95. The molecule has 0 unspecified atom stereocenters. The van der Waals surface area contributed by atoms with E-state index in [9.17, 15) is 0 Å². The van der Waals surface area contributed by atoms with Gasteiger partial charge in [-0.05, 0) is 61.2 Å². The lowest BCUT2D eigenvalue weighted by atomic mass is 9.78. The molecular weight excluding hydrogens is 338 g/mol. The van der Waals surface area contributed by atoms with E-state index in [2.05, 4.69) is 29.3 Å². The van der Waals surface area contributed by atoms with Crippen LogP contribution in [0.1, 0.15) is 84.0 Å². The summed E-state index contributed by atoms with van der Waals surface area (Å²) in [6, 6.07) is 7.74. The highest BCUT2D eigenvalue weighted by Gasteiger charge is 2.20. The molecular formula is C23H35NOS. The molecule has 0 N–H and O–H groups in total. The van der Waals surface area contributed by atoms with Crippen LogP contribution in [0.2, 0.25) is 0 Å². The number of nitrogens with zero attached hydrogens (tertiary/aromatic N) is 1. The van der Waals surface area contributed by atoms with Gasteiger partial charge in [0.25, 0.3) is 0 Å². The highest BCUT2D eigenvalue weighted by molar-refractivity contribution is 7.78. The van der Waals surface area contributed by atoms with E-state index in [1.54, 1.807) is 0 Å². The molecule has 1 aliphatic rings. The molecule has 0 atom stereocenters. The molecule has 0 aromatic heterocycles. The van der Waals surface area contributed by atoms with Crippen LogP contribution in [-0.4, -0.2) is 11.8 Å². The number of hydrogen-bond donors (Lipinski definition) is 0. The van der Waals surface area contributed by atoms with Crippen molar-refractivity contribution in [2.24, 2.45) is 16.8 Å². The van der Waals surface area contributed by atoms with Crippen molar-refractivity contribution in [1.29, 1.82) is 0 Å². The van der Waals surface area contributed by atoms with Crippen molar-refractivity contribution in [3.05, 3.63) is 24.3 Å². The standard InChI is InChI=1S/C23H35NOS/c1-2-3-4-5-6-8-20-10-12-21(13-11-20)9-7-18-25-23-16-14-22(15-17-23)24-19-26/h14-17,20-21H,2-13,18H2,1H3/t20-,21-. The average molecular weight is 374 g/mol. The smallest absolute Gasteiger partial charge is 0.119 e. The van der Waals surface area contributed by atoms with Gasteiger partial charge >= 0.3 is 0 Å². The van der Waals surface area contributed by atoms with E-state index in [4.69, 9.17) is 4.74 Å². The van der Waals surface area contributed by atoms with Gasteiger partial charge in [0.15, 0.2) is 0 Å². The van der Waals surface area contributed by atoms with Gasteiger partial charge < -0.3 is 4.74 Å². The molecule has 0 amide bonds. The van der Waals surface area contributed by atoms with Crippen LogP contribution in [0.5, 0.6) is 5.75 Å². The molecule has 0 radical (unpaired) electrons. The first-order valence-electron chi connectivity index (χ1n) is 10.6. The molecule has 1 fully saturated rings. The number of isothiocyanates is 1. The van der Waals surface area contributed by atoms with Crippen LogP contribution in [0.4, 0.5) is 5.69 Å². The minimum absolute atomic E-state index is 0.813. The predicted molar refractivity (Wildman–Crippen MR) is 115 cm³/mol. The molecule has 2 nitrogen and oxygen atoms in total. The quantitative estimate of drug-likeness (QED) is 0.212. The van der Waals surface area contributed by atoms with E-state index in [-0.39, 0.29) is 0 Å². The van der Waals surface area contributed by atoms with E-state index in [1.165, 1.54) is 70.6 Å². The summed E-state index contributed by atoms with van der Waals surface area (Å²) in [5.41, 5.74) is 0.828. The van der Waals surface area contributed by atoms with Crippen molar-refractivity contribution in [3.63, 3.8) is 0 Å². The Morgan fingerprint density at radius 1 is 0.923 bits per heavy atom. The molecule has 1 aromatic carbocycles. The second-order valence-corrected chi connectivity index (χ2v) is 7.96. The van der Waals surface area contributed by atoms with Crippen LogP contribution in [0.15, 0.2) is 29.3 Å². The van der Waals surface area contributed by atoms with Gasteiger partial charge in [0.1, 0.15) is 5.75 Å². The van der Waals surface area contributed by atoms with Gasteiger partial charge in [0.2, 0.25) is 0 Å². The zero-order chi connectivity index (χ0) is 18.5. The van der Waals surface area contributed by atoms with Gasteiger partial charge in [0.05, 0.1) is 17.5 Å². The van der Waals surface area contributed by atoms with Crippen LogP contribution in [-0.2, 0) is 0 Å². The SMILES string of the molecule is CCCCCCC[C@H]1CC[C@H](CCCOc2ccc(N=C=S)cc2)CC1. The molecule has 144 valence electrons. The Hall–Kier alpha value is -1.18. The maximum atomic E-state index is 5.85. The number of hydrogen-bond acceptors (Lipinski definition) is 3. The highest BCUT2D eigenvalue weighted by Crippen LogP contribution is 2.34. The Kier molecular flexibility index (Phi) is 10.6. The zero-order valence-electron chi connectivity index (χ0n) is 16.4. The maximum Gasteiger partial charge on any atom is 0.119 e. The van der Waals surface area contributed by atoms with Crippen molar-refractivity contribution in [2.75, 3.05) is 6.61 Å². The monoisotopic (exact) mass is 373 g/mol. The average Bonchev–Trinajstić information content (AvgIpc) is 2.68. The van der Waals surface area contributed by atoms with Gasteiger partial charge in [-0.1, -0.05) is 71.1 Å². The summed E-state index contributed by atoms with van der Waals surface area (Å²) in [7, 11) is 0. The number of unbranched alkanes of at least 4 members (excludes halogenated alkanes) is 4. The van der Waals surface area contributed by atoms with Gasteiger partial charge in [-0.15, -0.1) is 0 Å². The fraction of sp³-hybridized carbons (Fsp3) is 0.696. The second kappa shape index (κ2) is 13.1. The summed E-state index contributed by atoms with van der Waals surface area (Å²) in [5, 5.41) is 2.38. The van der Waals surface area contributed by atoms with Crippen LogP contribution in [0.3, 0.4) is 0 Å². The lowest BCUT2D eigenvalue weighted by Gasteiger charge is -2.28. The minimum Gasteiger partial charge on any atom is -0.494 e. The molecule has 0 aliphatic heterocycles. The largest absolute Gasteiger partial charge is 0.494 e. The molecule has 3 heteroatoms. The molecule has 1 aromatic rings. The Morgan fingerprint density at radius 3 is 2.15 bits per heavy atom. The first-order chi connectivity index (χ1) is 12.8. The zero-order valence-corrected chi connectivity index (χ0v) is 17.2. The van der Waals surface area contributed by atoms with Gasteiger partial charge in [0, 0.05) is 0 Å². The summed E-state index contributed by atoms with van der Waals surface area (Å²) < 4.78 is 5.85. The molecule has 1 aliphatic carbocycles. The molecule has 0 saturated heterocycles. The second-order valence-electron chi connectivity index (χ2n) is 7.78. The van der Waals surface area contributed by atoms with E-state index in [1.807, 2.05) is 24.3 Å². The van der Waals surface area contributed by atoms with Crippen molar-refractivity contribution >= 4 is 23.1 Å². The third kappa shape index (κ3) is 8.47. The highest BCUT2D eigenvalue weighted by atomic mass is 32.1. The fourth-order valence-electron chi connectivity index (χ4n) is 4.08. The number of ether oxygens (including phenoxy) is 1. The summed E-state index contributed by atoms with van der Waals surface area (Å²) in [6.07, 6.45) is 16.8. The summed E-state index contributed by atoms with van der Waals surface area (Å²) >= 11 is 4.61. The summed E-state index contributed by atoms with van der Waals surface area (Å²) in [6.45, 7) is 3.10. The summed E-state index contributed by atoms with van der Waals surface area (Å²) in [5.74, 6) is 2.85. The van der Waals surface area contributed by atoms with Crippen LogP contribution >= 0.6 is 12.2 Å². The minimum atomic E-state index is 0.813. The van der Waals surface area contributed by atoms with Crippen molar-refractivity contribution in [3.8, 4) is 5.75 Å². The molecule has 2 rings (SSSR count). The molecule has 1 saturated carbocycles. The van der Waals surface area contributed by atoms with E-state index < -0.39 is 0 Å². The topological polar surface area (TPSA) is 21.6 Å². The Labute approximate surface area is 165 Å². The molecule has 0 bridgehead atoms. The van der Waals surface area contributed by atoms with E-state index in [0.717, 1.165) is 36.3 Å². The Bertz CT molecular complexity index is 528. The molecule has 0 spiro atoms. The third-order valence-corrected chi connectivity index (χ3v) is 5.81. The molecule has 26 heavy (non-hydrogen) atoms. The van der Waals surface area contributed by atoms with E-state index in [0.29, 0.717) is 0 Å². The third-order valence-electron chi connectivity index (χ3n) is 5.72. The maximum absolute atomic E-state index is 5.85. The van der Waals surface area contributed by atoms with E-state index >= 15 is 0 Å². The molecule has 0 heterocycles. The lowest BCUT2D eigenvalue weighted by molar-refractivity contribution is 0.228.